The number of carbonyl (C=O) groups is 1. The fraction of sp³-hybridized carbons (Fsp3) is 0.290. The Labute approximate surface area is 213 Å². The van der Waals surface area contributed by atoms with Crippen LogP contribution in [0.2, 0.25) is 0 Å². The number of aryl methyl sites for hydroxylation is 4. The van der Waals surface area contributed by atoms with Crippen LogP contribution in [0.1, 0.15) is 41.8 Å². The Kier molecular flexibility index (Phi) is 8.92. The zero-order chi connectivity index (χ0) is 25.2. The van der Waals surface area contributed by atoms with Crippen LogP contribution in [0.4, 0.5) is 0 Å². The summed E-state index contributed by atoms with van der Waals surface area (Å²) in [6, 6.07) is 24.5. The molecule has 1 aromatic heterocycles. The maximum atomic E-state index is 12.1. The monoisotopic (exact) mass is 481 g/mol. The van der Waals surface area contributed by atoms with Crippen LogP contribution in [0.15, 0.2) is 78.9 Å². The number of hydrogen-bond donors (Lipinski definition) is 1. The van der Waals surface area contributed by atoms with Crippen molar-refractivity contribution in [2.75, 3.05) is 13.2 Å². The maximum Gasteiger partial charge on any atom is 0.243 e. The predicted molar refractivity (Wildman–Crippen MR) is 147 cm³/mol. The summed E-state index contributed by atoms with van der Waals surface area (Å²) in [5.41, 5.74) is 5.65. The number of carbonyl (C=O) groups excluding carboxylic acids is 1. The van der Waals surface area contributed by atoms with Crippen LogP contribution in [-0.4, -0.2) is 28.6 Å². The third-order valence-corrected chi connectivity index (χ3v) is 6.08. The highest BCUT2D eigenvalue weighted by Gasteiger charge is 2.10. The number of para-hydroxylation sites is 2. The van der Waals surface area contributed by atoms with Crippen molar-refractivity contribution in [3.05, 3.63) is 101 Å². The van der Waals surface area contributed by atoms with Crippen molar-refractivity contribution in [3.8, 4) is 5.75 Å². The topological polar surface area (TPSA) is 56.1 Å². The quantitative estimate of drug-likeness (QED) is 0.192. The van der Waals surface area contributed by atoms with Crippen LogP contribution >= 0.6 is 0 Å². The Hall–Kier alpha value is -3.86. The number of amides is 1. The van der Waals surface area contributed by atoms with E-state index >= 15 is 0 Å². The molecule has 0 spiro atoms. The number of fused-ring (bicyclic) bond motifs is 1. The number of unbranched alkanes of at least 4 members (excludes halogenated alkanes) is 1. The van der Waals surface area contributed by atoms with Crippen molar-refractivity contribution in [1.82, 2.24) is 14.9 Å². The maximum absolute atomic E-state index is 12.1. The molecule has 4 aromatic rings. The molecule has 0 aliphatic rings. The van der Waals surface area contributed by atoms with Gasteiger partial charge in [-0.1, -0.05) is 48.5 Å². The molecule has 1 N–H and O–H groups in total. The summed E-state index contributed by atoms with van der Waals surface area (Å²) in [5.74, 6) is 1.94. The third-order valence-electron chi connectivity index (χ3n) is 6.08. The van der Waals surface area contributed by atoms with Crippen molar-refractivity contribution in [2.45, 2.75) is 46.1 Å². The van der Waals surface area contributed by atoms with E-state index in [9.17, 15) is 4.79 Å². The molecule has 0 atom stereocenters. The summed E-state index contributed by atoms with van der Waals surface area (Å²) < 4.78 is 8.31. The first-order valence-corrected chi connectivity index (χ1v) is 12.7. The highest BCUT2D eigenvalue weighted by atomic mass is 16.5. The van der Waals surface area contributed by atoms with Gasteiger partial charge in [0.2, 0.25) is 5.91 Å². The number of ether oxygens (including phenoxy) is 1. The Balaban J connectivity index is 1.26. The Morgan fingerprint density at radius 2 is 1.69 bits per heavy atom. The van der Waals surface area contributed by atoms with Crippen LogP contribution in [0.25, 0.3) is 17.1 Å². The molecule has 0 unspecified atom stereocenters. The number of imidazole rings is 1. The zero-order valence-electron chi connectivity index (χ0n) is 21.2. The van der Waals surface area contributed by atoms with E-state index in [4.69, 9.17) is 9.72 Å². The molecule has 0 bridgehead atoms. The highest BCUT2D eigenvalue weighted by molar-refractivity contribution is 5.91. The molecule has 3 aromatic carbocycles. The molecule has 1 amide bonds. The summed E-state index contributed by atoms with van der Waals surface area (Å²) in [6.45, 7) is 6.41. The van der Waals surface area contributed by atoms with E-state index in [1.807, 2.05) is 42.5 Å². The summed E-state index contributed by atoms with van der Waals surface area (Å²) in [7, 11) is 0. The average molecular weight is 482 g/mol. The number of rotatable bonds is 12. The summed E-state index contributed by atoms with van der Waals surface area (Å²) in [6.07, 6.45) is 7.06. The molecule has 0 aliphatic carbocycles. The summed E-state index contributed by atoms with van der Waals surface area (Å²) in [5, 5.41) is 2.98. The average Bonchev–Trinajstić information content (AvgIpc) is 3.22. The van der Waals surface area contributed by atoms with Gasteiger partial charge in [-0.05, 0) is 80.1 Å². The van der Waals surface area contributed by atoms with E-state index in [-0.39, 0.29) is 5.91 Å². The van der Waals surface area contributed by atoms with Crippen LogP contribution in [0.3, 0.4) is 0 Å². The summed E-state index contributed by atoms with van der Waals surface area (Å²) in [4.78, 5) is 17.0. The van der Waals surface area contributed by atoms with Crippen LogP contribution in [-0.2, 0) is 17.8 Å². The fourth-order valence-corrected chi connectivity index (χ4v) is 4.40. The van der Waals surface area contributed by atoms with Crippen molar-refractivity contribution in [3.63, 3.8) is 0 Å². The van der Waals surface area contributed by atoms with Gasteiger partial charge in [-0.15, -0.1) is 0 Å². The number of aromatic nitrogens is 2. The van der Waals surface area contributed by atoms with Gasteiger partial charge in [0.25, 0.3) is 0 Å². The number of hydrogen-bond acceptors (Lipinski definition) is 3. The largest absolute Gasteiger partial charge is 0.494 e. The predicted octanol–water partition coefficient (Wildman–Crippen LogP) is 6.27. The second-order valence-corrected chi connectivity index (χ2v) is 9.19. The normalized spacial score (nSPS) is 11.3. The first-order chi connectivity index (χ1) is 17.6. The van der Waals surface area contributed by atoms with Crippen molar-refractivity contribution < 1.29 is 9.53 Å². The van der Waals surface area contributed by atoms with Crippen molar-refractivity contribution in [1.29, 1.82) is 0 Å². The lowest BCUT2D eigenvalue weighted by atomic mass is 10.1. The minimum Gasteiger partial charge on any atom is -0.494 e. The molecule has 1 heterocycles. The molecule has 0 saturated carbocycles. The van der Waals surface area contributed by atoms with Crippen LogP contribution < -0.4 is 10.1 Å². The van der Waals surface area contributed by atoms with Gasteiger partial charge in [0.1, 0.15) is 11.6 Å². The van der Waals surface area contributed by atoms with E-state index in [0.29, 0.717) is 13.2 Å². The second-order valence-electron chi connectivity index (χ2n) is 9.19. The second kappa shape index (κ2) is 12.7. The molecular formula is C31H35N3O2. The van der Waals surface area contributed by atoms with Gasteiger partial charge in [-0.2, -0.15) is 0 Å². The van der Waals surface area contributed by atoms with E-state index in [1.165, 1.54) is 11.1 Å². The standard InChI is InChI=1S/C31H35N3O2/c1-24-21-25(2)23-27(22-24)36-20-9-8-19-34-29-14-7-6-13-28(29)33-30(34)15-10-18-32-31(35)17-16-26-11-4-3-5-12-26/h3-7,11-14,16-17,21-23H,8-10,15,18-20H2,1-2H3,(H,32,35)/b17-16+. The van der Waals surface area contributed by atoms with Gasteiger partial charge >= 0.3 is 0 Å². The Morgan fingerprint density at radius 3 is 2.50 bits per heavy atom. The molecule has 0 saturated heterocycles. The number of benzene rings is 3. The van der Waals surface area contributed by atoms with E-state index < -0.39 is 0 Å². The van der Waals surface area contributed by atoms with Crippen molar-refractivity contribution >= 4 is 23.0 Å². The van der Waals surface area contributed by atoms with Gasteiger partial charge in [-0.3, -0.25) is 4.79 Å². The van der Waals surface area contributed by atoms with Gasteiger partial charge in [0.15, 0.2) is 0 Å². The minimum absolute atomic E-state index is 0.0730. The highest BCUT2D eigenvalue weighted by Crippen LogP contribution is 2.19. The molecule has 36 heavy (non-hydrogen) atoms. The lowest BCUT2D eigenvalue weighted by Crippen LogP contribution is -2.22. The lowest BCUT2D eigenvalue weighted by Gasteiger charge is -2.11. The number of nitrogens with zero attached hydrogens (tertiary/aromatic N) is 2. The van der Waals surface area contributed by atoms with E-state index in [2.05, 4.69) is 60.1 Å². The molecule has 0 aliphatic heterocycles. The minimum atomic E-state index is -0.0730. The van der Waals surface area contributed by atoms with Gasteiger partial charge in [-0.25, -0.2) is 4.98 Å². The third kappa shape index (κ3) is 7.32. The Morgan fingerprint density at radius 1 is 0.944 bits per heavy atom. The van der Waals surface area contributed by atoms with E-state index in [0.717, 1.165) is 60.4 Å². The van der Waals surface area contributed by atoms with E-state index in [1.54, 1.807) is 6.08 Å². The SMILES string of the molecule is Cc1cc(C)cc(OCCCCn2c(CCCNC(=O)/C=C/c3ccccc3)nc3ccccc32)c1. The van der Waals surface area contributed by atoms with Gasteiger partial charge in [0, 0.05) is 25.6 Å². The fourth-order valence-electron chi connectivity index (χ4n) is 4.40. The molecule has 0 radical (unpaired) electrons. The molecule has 4 rings (SSSR count). The molecule has 186 valence electrons. The first-order valence-electron chi connectivity index (χ1n) is 12.7. The molecular weight excluding hydrogens is 446 g/mol. The van der Waals surface area contributed by atoms with Gasteiger partial charge in [0.05, 0.1) is 17.6 Å². The first kappa shape index (κ1) is 25.2. The zero-order valence-corrected chi connectivity index (χ0v) is 21.2. The summed E-state index contributed by atoms with van der Waals surface area (Å²) >= 11 is 0. The van der Waals surface area contributed by atoms with Crippen LogP contribution in [0.5, 0.6) is 5.75 Å². The lowest BCUT2D eigenvalue weighted by molar-refractivity contribution is -0.116. The van der Waals surface area contributed by atoms with Gasteiger partial charge < -0.3 is 14.6 Å². The van der Waals surface area contributed by atoms with Crippen molar-refractivity contribution in [2.24, 2.45) is 0 Å². The smallest absolute Gasteiger partial charge is 0.243 e. The molecule has 5 nitrogen and oxygen atoms in total. The van der Waals surface area contributed by atoms with Crippen LogP contribution in [0, 0.1) is 13.8 Å². The molecule has 0 fully saturated rings. The Bertz CT molecular complexity index is 1290. The molecule has 5 heteroatoms. The number of nitrogens with one attached hydrogen (secondary N) is 1.